The number of hydrogen-bond acceptors (Lipinski definition) is 7. The third kappa shape index (κ3) is 6.36. The summed E-state index contributed by atoms with van der Waals surface area (Å²) in [4.78, 5) is 16.9. The van der Waals surface area contributed by atoms with Gasteiger partial charge in [0.15, 0.2) is 0 Å². The Morgan fingerprint density at radius 2 is 1.89 bits per heavy atom. The lowest BCUT2D eigenvalue weighted by atomic mass is 10.1. The van der Waals surface area contributed by atoms with E-state index >= 15 is 0 Å². The van der Waals surface area contributed by atoms with Gasteiger partial charge in [-0.1, -0.05) is 30.8 Å². The number of piperazine rings is 1. The molecular weight excluding hydrogens is 547 g/mol. The van der Waals surface area contributed by atoms with E-state index in [1.165, 1.54) is 6.07 Å². The number of rotatable bonds is 7. The first-order valence-corrected chi connectivity index (χ1v) is 12.7. The summed E-state index contributed by atoms with van der Waals surface area (Å²) in [6.07, 6.45) is -4.51. The van der Waals surface area contributed by atoms with Crippen molar-refractivity contribution >= 4 is 45.0 Å². The summed E-state index contributed by atoms with van der Waals surface area (Å²) in [7, 11) is 0. The van der Waals surface area contributed by atoms with Gasteiger partial charge in [0.25, 0.3) is 5.22 Å². The van der Waals surface area contributed by atoms with E-state index in [1.54, 1.807) is 0 Å². The molecule has 0 saturated carbocycles. The Balaban J connectivity index is 1.45. The second-order valence-corrected chi connectivity index (χ2v) is 9.62. The molecule has 0 spiro atoms. The number of carbonyl (C=O) groups is 1. The molecule has 1 aliphatic heterocycles. The molecule has 0 radical (unpaired) electrons. The SMILES string of the molecule is CCN1CCN(c2ccc(C(F)(F)F)cc2NC(=O)CSc2nnc(-c3ccccc3Br)o2)CC1. The lowest BCUT2D eigenvalue weighted by Gasteiger charge is -2.36. The molecule has 0 bridgehead atoms. The fraction of sp³-hybridized carbons (Fsp3) is 0.348. The smallest absolute Gasteiger partial charge is 0.411 e. The van der Waals surface area contributed by atoms with E-state index in [0.717, 1.165) is 48.0 Å². The molecule has 35 heavy (non-hydrogen) atoms. The van der Waals surface area contributed by atoms with Crippen LogP contribution in [0.1, 0.15) is 12.5 Å². The first kappa shape index (κ1) is 25.5. The average molecular weight is 570 g/mol. The quantitative estimate of drug-likeness (QED) is 0.382. The van der Waals surface area contributed by atoms with Crippen LogP contribution in [0.3, 0.4) is 0 Å². The van der Waals surface area contributed by atoms with Gasteiger partial charge in [0.1, 0.15) is 0 Å². The van der Waals surface area contributed by atoms with Crippen LogP contribution in [0.5, 0.6) is 0 Å². The third-order valence-corrected chi connectivity index (χ3v) is 7.11. The largest absolute Gasteiger partial charge is 0.416 e. The van der Waals surface area contributed by atoms with Crippen LogP contribution in [-0.4, -0.2) is 59.5 Å². The zero-order valence-corrected chi connectivity index (χ0v) is 21.2. The third-order valence-electron chi connectivity index (χ3n) is 5.60. The molecule has 186 valence electrons. The van der Waals surface area contributed by atoms with Crippen molar-refractivity contribution < 1.29 is 22.4 Å². The molecule has 1 N–H and O–H groups in total. The van der Waals surface area contributed by atoms with Crippen LogP contribution in [0.4, 0.5) is 24.5 Å². The number of benzene rings is 2. The predicted molar refractivity (Wildman–Crippen MR) is 133 cm³/mol. The number of amides is 1. The molecule has 0 atom stereocenters. The molecule has 3 aromatic rings. The number of alkyl halides is 3. The molecule has 0 unspecified atom stereocenters. The molecule has 1 aromatic heterocycles. The van der Waals surface area contributed by atoms with E-state index in [-0.39, 0.29) is 16.7 Å². The zero-order valence-electron chi connectivity index (χ0n) is 18.8. The molecule has 0 aliphatic carbocycles. The first-order chi connectivity index (χ1) is 16.7. The van der Waals surface area contributed by atoms with Gasteiger partial charge in [0.2, 0.25) is 11.8 Å². The average Bonchev–Trinajstić information content (AvgIpc) is 3.31. The van der Waals surface area contributed by atoms with Crippen molar-refractivity contribution in [2.45, 2.75) is 18.3 Å². The van der Waals surface area contributed by atoms with Gasteiger partial charge in [0.05, 0.1) is 28.3 Å². The second-order valence-electron chi connectivity index (χ2n) is 7.84. The summed E-state index contributed by atoms with van der Waals surface area (Å²) in [6, 6.07) is 10.8. The molecule has 12 heteroatoms. The highest BCUT2D eigenvalue weighted by molar-refractivity contribution is 9.10. The van der Waals surface area contributed by atoms with Gasteiger partial charge in [-0.25, -0.2) is 0 Å². The Labute approximate surface area is 213 Å². The maximum Gasteiger partial charge on any atom is 0.416 e. The number of nitrogens with one attached hydrogen (secondary N) is 1. The fourth-order valence-corrected chi connectivity index (χ4v) is 4.74. The van der Waals surface area contributed by atoms with E-state index in [0.29, 0.717) is 30.2 Å². The van der Waals surface area contributed by atoms with Crippen LogP contribution in [0.2, 0.25) is 0 Å². The lowest BCUT2D eigenvalue weighted by Crippen LogP contribution is -2.46. The Hall–Kier alpha value is -2.57. The van der Waals surface area contributed by atoms with Crippen molar-refractivity contribution in [2.24, 2.45) is 0 Å². The summed E-state index contributed by atoms with van der Waals surface area (Å²) in [5, 5.41) is 10.8. The normalized spacial score (nSPS) is 14.8. The van der Waals surface area contributed by atoms with E-state index in [2.05, 4.69) is 43.3 Å². The minimum atomic E-state index is -4.51. The highest BCUT2D eigenvalue weighted by Crippen LogP contribution is 2.36. The van der Waals surface area contributed by atoms with Gasteiger partial charge in [-0.3, -0.25) is 4.79 Å². The van der Waals surface area contributed by atoms with Gasteiger partial charge in [0, 0.05) is 30.7 Å². The summed E-state index contributed by atoms with van der Waals surface area (Å²) >= 11 is 4.44. The Morgan fingerprint density at radius 3 is 2.57 bits per heavy atom. The van der Waals surface area contributed by atoms with E-state index in [1.807, 2.05) is 29.2 Å². The second kappa shape index (κ2) is 11.0. The molecule has 1 aliphatic rings. The van der Waals surface area contributed by atoms with Crippen molar-refractivity contribution in [3.8, 4) is 11.5 Å². The van der Waals surface area contributed by atoms with E-state index < -0.39 is 17.6 Å². The molecule has 7 nitrogen and oxygen atoms in total. The van der Waals surface area contributed by atoms with Gasteiger partial charge in [-0.05, 0) is 52.8 Å². The number of carbonyl (C=O) groups excluding carboxylic acids is 1. The molecule has 1 fully saturated rings. The maximum absolute atomic E-state index is 13.3. The zero-order chi connectivity index (χ0) is 25.0. The van der Waals surface area contributed by atoms with Gasteiger partial charge >= 0.3 is 6.18 Å². The molecule has 1 saturated heterocycles. The number of likely N-dealkylation sites (N-methyl/N-ethyl adjacent to an activating group) is 1. The number of anilines is 2. The fourth-order valence-electron chi connectivity index (χ4n) is 3.72. The number of halogens is 4. The van der Waals surface area contributed by atoms with E-state index in [4.69, 9.17) is 4.42 Å². The Kier molecular flexibility index (Phi) is 8.02. The lowest BCUT2D eigenvalue weighted by molar-refractivity contribution is -0.137. The van der Waals surface area contributed by atoms with Crippen molar-refractivity contribution in [2.75, 3.05) is 48.7 Å². The van der Waals surface area contributed by atoms with Crippen molar-refractivity contribution in [1.29, 1.82) is 0 Å². The molecule has 2 heterocycles. The Bertz CT molecular complexity index is 1180. The number of aromatic nitrogens is 2. The Morgan fingerprint density at radius 1 is 1.14 bits per heavy atom. The maximum atomic E-state index is 13.3. The van der Waals surface area contributed by atoms with Gasteiger partial charge in [-0.2, -0.15) is 13.2 Å². The number of nitrogens with zero attached hydrogens (tertiary/aromatic N) is 4. The van der Waals surface area contributed by atoms with Gasteiger partial charge < -0.3 is 19.5 Å². The minimum absolute atomic E-state index is 0.100. The topological polar surface area (TPSA) is 74.5 Å². The summed E-state index contributed by atoms with van der Waals surface area (Å²) in [6.45, 7) is 5.92. The van der Waals surface area contributed by atoms with Crippen LogP contribution in [0.25, 0.3) is 11.5 Å². The highest BCUT2D eigenvalue weighted by atomic mass is 79.9. The first-order valence-electron chi connectivity index (χ1n) is 10.9. The van der Waals surface area contributed by atoms with Crippen LogP contribution in [-0.2, 0) is 11.0 Å². The van der Waals surface area contributed by atoms with Gasteiger partial charge in [-0.15, -0.1) is 10.2 Å². The van der Waals surface area contributed by atoms with Crippen LogP contribution in [0.15, 0.2) is 56.6 Å². The van der Waals surface area contributed by atoms with E-state index in [9.17, 15) is 18.0 Å². The number of hydrogen-bond donors (Lipinski definition) is 1. The van der Waals surface area contributed by atoms with Crippen molar-refractivity contribution in [1.82, 2.24) is 15.1 Å². The minimum Gasteiger partial charge on any atom is -0.411 e. The molecule has 1 amide bonds. The van der Waals surface area contributed by atoms with Crippen LogP contribution >= 0.6 is 27.7 Å². The van der Waals surface area contributed by atoms with Crippen LogP contribution < -0.4 is 10.2 Å². The monoisotopic (exact) mass is 569 g/mol. The highest BCUT2D eigenvalue weighted by Gasteiger charge is 2.32. The summed E-state index contributed by atoms with van der Waals surface area (Å²) in [5.41, 5.74) is 0.607. The molecule has 4 rings (SSSR count). The predicted octanol–water partition coefficient (Wildman–Crippen LogP) is 5.39. The van der Waals surface area contributed by atoms with Crippen molar-refractivity contribution in [3.05, 3.63) is 52.5 Å². The molecular formula is C23H23BrF3N5O2S. The standard InChI is InChI=1S/C23H23BrF3N5O2S/c1-2-31-9-11-32(12-10-31)19-8-7-15(23(25,26)27)13-18(19)28-20(33)14-35-22-30-29-21(34-22)16-5-3-4-6-17(16)24/h3-8,13H,2,9-12,14H2,1H3,(H,28,33). The summed E-state index contributed by atoms with van der Waals surface area (Å²) < 4.78 is 46.5. The van der Waals surface area contributed by atoms with Crippen LogP contribution in [0, 0.1) is 0 Å². The molecule has 2 aromatic carbocycles. The summed E-state index contributed by atoms with van der Waals surface area (Å²) in [5.74, 6) is -0.271. The van der Waals surface area contributed by atoms with Crippen molar-refractivity contribution in [3.63, 3.8) is 0 Å². The number of thioether (sulfide) groups is 1.